The Morgan fingerprint density at radius 1 is 1.33 bits per heavy atom. The van der Waals surface area contributed by atoms with Gasteiger partial charge in [0.1, 0.15) is 5.75 Å². The van der Waals surface area contributed by atoms with E-state index in [1.54, 1.807) is 7.11 Å². The Morgan fingerprint density at radius 3 is 2.76 bits per heavy atom. The van der Waals surface area contributed by atoms with Crippen LogP contribution in [0.5, 0.6) is 5.75 Å². The fourth-order valence-electron chi connectivity index (χ4n) is 2.38. The van der Waals surface area contributed by atoms with Crippen LogP contribution in [0.3, 0.4) is 0 Å². The Kier molecular flexibility index (Phi) is 5.67. The number of benzene rings is 1. The molecule has 1 aromatic rings. The van der Waals surface area contributed by atoms with Gasteiger partial charge in [-0.3, -0.25) is 0 Å². The first-order valence-electron chi connectivity index (χ1n) is 7.56. The minimum atomic E-state index is 0.468. The zero-order chi connectivity index (χ0) is 15.1. The van der Waals surface area contributed by atoms with Gasteiger partial charge in [-0.25, -0.2) is 4.99 Å². The lowest BCUT2D eigenvalue weighted by atomic mass is 10.1. The van der Waals surface area contributed by atoms with Crippen molar-refractivity contribution in [3.05, 3.63) is 41.5 Å². The van der Waals surface area contributed by atoms with Crippen molar-refractivity contribution in [2.75, 3.05) is 13.7 Å². The van der Waals surface area contributed by atoms with Crippen LogP contribution >= 0.6 is 0 Å². The van der Waals surface area contributed by atoms with E-state index in [2.05, 4.69) is 52.9 Å². The molecule has 1 aromatic carbocycles. The third-order valence-electron chi connectivity index (χ3n) is 3.59. The second-order valence-electron chi connectivity index (χ2n) is 5.28. The molecule has 21 heavy (non-hydrogen) atoms. The number of aliphatic imine (C=N–C) groups is 1. The van der Waals surface area contributed by atoms with E-state index in [0.29, 0.717) is 12.6 Å². The summed E-state index contributed by atoms with van der Waals surface area (Å²) in [6.07, 6.45) is 6.57. The molecule has 0 unspecified atom stereocenters. The van der Waals surface area contributed by atoms with Crippen molar-refractivity contribution >= 4 is 5.96 Å². The largest absolute Gasteiger partial charge is 0.496 e. The van der Waals surface area contributed by atoms with Crippen molar-refractivity contribution in [3.8, 4) is 5.75 Å². The van der Waals surface area contributed by atoms with Crippen LogP contribution in [-0.4, -0.2) is 25.7 Å². The van der Waals surface area contributed by atoms with Gasteiger partial charge in [-0.1, -0.05) is 24.3 Å². The van der Waals surface area contributed by atoms with Gasteiger partial charge in [-0.05, 0) is 43.9 Å². The van der Waals surface area contributed by atoms with Crippen LogP contribution in [0.4, 0.5) is 0 Å². The summed E-state index contributed by atoms with van der Waals surface area (Å²) in [4.78, 5) is 4.66. The van der Waals surface area contributed by atoms with Crippen molar-refractivity contribution in [2.45, 2.75) is 39.3 Å². The third-order valence-corrected chi connectivity index (χ3v) is 3.59. The number of hydrogen-bond acceptors (Lipinski definition) is 2. The fraction of sp³-hybridized carbons (Fsp3) is 0.471. The van der Waals surface area contributed by atoms with Gasteiger partial charge in [0.2, 0.25) is 0 Å². The lowest BCUT2D eigenvalue weighted by Crippen LogP contribution is -2.42. The molecule has 2 N–H and O–H groups in total. The van der Waals surface area contributed by atoms with E-state index >= 15 is 0 Å². The predicted molar refractivity (Wildman–Crippen MR) is 87.8 cm³/mol. The summed E-state index contributed by atoms with van der Waals surface area (Å²) in [6, 6.07) is 6.70. The standard InChI is InChI=1S/C17H25N3O/c1-4-18-17(20-15-7-5-6-8-15)19-12-14-10-9-13(2)16(11-14)21-3/h5-6,9-11,15H,4,7-8,12H2,1-3H3,(H2,18,19,20). The number of guanidine groups is 1. The quantitative estimate of drug-likeness (QED) is 0.497. The number of ether oxygens (including phenoxy) is 1. The van der Waals surface area contributed by atoms with E-state index in [9.17, 15) is 0 Å². The van der Waals surface area contributed by atoms with Gasteiger partial charge in [-0.2, -0.15) is 0 Å². The monoisotopic (exact) mass is 287 g/mol. The Balaban J connectivity index is 2.00. The molecule has 4 nitrogen and oxygen atoms in total. The summed E-state index contributed by atoms with van der Waals surface area (Å²) in [7, 11) is 1.70. The first-order chi connectivity index (χ1) is 10.2. The highest BCUT2D eigenvalue weighted by atomic mass is 16.5. The topological polar surface area (TPSA) is 45.7 Å². The summed E-state index contributed by atoms with van der Waals surface area (Å²) in [5, 5.41) is 6.77. The van der Waals surface area contributed by atoms with Crippen LogP contribution in [0.2, 0.25) is 0 Å². The number of aryl methyl sites for hydroxylation is 1. The summed E-state index contributed by atoms with van der Waals surface area (Å²) < 4.78 is 5.36. The SMILES string of the molecule is CCNC(=NCc1ccc(C)c(OC)c1)NC1CC=CC1. The Labute approximate surface area is 127 Å². The van der Waals surface area contributed by atoms with Crippen molar-refractivity contribution in [1.82, 2.24) is 10.6 Å². The van der Waals surface area contributed by atoms with Gasteiger partial charge < -0.3 is 15.4 Å². The number of rotatable bonds is 5. The normalized spacial score (nSPS) is 15.3. The van der Waals surface area contributed by atoms with Crippen molar-refractivity contribution in [2.24, 2.45) is 4.99 Å². The zero-order valence-corrected chi connectivity index (χ0v) is 13.1. The summed E-state index contributed by atoms with van der Waals surface area (Å²) in [6.45, 7) is 5.64. The smallest absolute Gasteiger partial charge is 0.191 e. The molecule has 0 heterocycles. The number of nitrogens with zero attached hydrogens (tertiary/aromatic N) is 1. The minimum Gasteiger partial charge on any atom is -0.496 e. The highest BCUT2D eigenvalue weighted by Gasteiger charge is 2.11. The molecule has 0 saturated carbocycles. The van der Waals surface area contributed by atoms with Gasteiger partial charge >= 0.3 is 0 Å². The van der Waals surface area contributed by atoms with Crippen LogP contribution in [-0.2, 0) is 6.54 Å². The first-order valence-corrected chi connectivity index (χ1v) is 7.56. The summed E-state index contributed by atoms with van der Waals surface area (Å²) >= 11 is 0. The minimum absolute atomic E-state index is 0.468. The molecule has 0 atom stereocenters. The molecule has 0 amide bonds. The molecule has 0 bridgehead atoms. The number of nitrogens with one attached hydrogen (secondary N) is 2. The van der Waals surface area contributed by atoms with Crippen LogP contribution in [0.1, 0.15) is 30.9 Å². The van der Waals surface area contributed by atoms with Gasteiger partial charge in [-0.15, -0.1) is 0 Å². The van der Waals surface area contributed by atoms with E-state index in [-0.39, 0.29) is 0 Å². The van der Waals surface area contributed by atoms with E-state index in [0.717, 1.165) is 42.2 Å². The first kappa shape index (κ1) is 15.4. The molecule has 0 spiro atoms. The molecule has 4 heteroatoms. The van der Waals surface area contributed by atoms with Crippen LogP contribution in [0.25, 0.3) is 0 Å². The van der Waals surface area contributed by atoms with E-state index in [4.69, 9.17) is 4.74 Å². The Morgan fingerprint density at radius 2 is 2.10 bits per heavy atom. The van der Waals surface area contributed by atoms with E-state index in [1.807, 2.05) is 6.92 Å². The lowest BCUT2D eigenvalue weighted by molar-refractivity contribution is 0.411. The van der Waals surface area contributed by atoms with Gasteiger partial charge in [0.15, 0.2) is 5.96 Å². The summed E-state index contributed by atoms with van der Waals surface area (Å²) in [5.41, 5.74) is 2.30. The molecule has 2 rings (SSSR count). The summed E-state index contributed by atoms with van der Waals surface area (Å²) in [5.74, 6) is 1.80. The van der Waals surface area contributed by atoms with Gasteiger partial charge in [0, 0.05) is 12.6 Å². The number of hydrogen-bond donors (Lipinski definition) is 2. The molecule has 114 valence electrons. The molecular weight excluding hydrogens is 262 g/mol. The highest BCUT2D eigenvalue weighted by Crippen LogP contribution is 2.19. The van der Waals surface area contributed by atoms with Crippen molar-refractivity contribution in [1.29, 1.82) is 0 Å². The number of methoxy groups -OCH3 is 1. The maximum Gasteiger partial charge on any atom is 0.191 e. The molecule has 0 fully saturated rings. The molecule has 1 aliphatic carbocycles. The fourth-order valence-corrected chi connectivity index (χ4v) is 2.38. The van der Waals surface area contributed by atoms with E-state index in [1.165, 1.54) is 0 Å². The highest BCUT2D eigenvalue weighted by molar-refractivity contribution is 5.80. The third kappa shape index (κ3) is 4.52. The molecule has 1 aliphatic rings. The maximum atomic E-state index is 5.36. The van der Waals surface area contributed by atoms with E-state index < -0.39 is 0 Å². The van der Waals surface area contributed by atoms with Crippen LogP contribution < -0.4 is 15.4 Å². The molecule has 0 aromatic heterocycles. The Bertz CT molecular complexity index is 515. The second-order valence-corrected chi connectivity index (χ2v) is 5.28. The lowest BCUT2D eigenvalue weighted by Gasteiger charge is -2.16. The molecule has 0 radical (unpaired) electrons. The van der Waals surface area contributed by atoms with Crippen LogP contribution in [0.15, 0.2) is 35.3 Å². The molecule has 0 saturated heterocycles. The van der Waals surface area contributed by atoms with Crippen LogP contribution in [0, 0.1) is 6.92 Å². The average molecular weight is 287 g/mol. The molecular formula is C17H25N3O. The zero-order valence-electron chi connectivity index (χ0n) is 13.1. The van der Waals surface area contributed by atoms with Gasteiger partial charge in [0.25, 0.3) is 0 Å². The van der Waals surface area contributed by atoms with Crippen molar-refractivity contribution in [3.63, 3.8) is 0 Å². The predicted octanol–water partition coefficient (Wildman–Crippen LogP) is 2.78. The molecule has 0 aliphatic heterocycles. The van der Waals surface area contributed by atoms with Gasteiger partial charge in [0.05, 0.1) is 13.7 Å². The average Bonchev–Trinajstić information content (AvgIpc) is 2.99. The van der Waals surface area contributed by atoms with Crippen molar-refractivity contribution < 1.29 is 4.74 Å². The maximum absolute atomic E-state index is 5.36. The second kappa shape index (κ2) is 7.72. The Hall–Kier alpha value is -1.97.